The maximum atomic E-state index is 12.2. The highest BCUT2D eigenvalue weighted by atomic mass is 35.5. The number of hydrogen-bond donors (Lipinski definition) is 1. The molecule has 3 rings (SSSR count). The van der Waals surface area contributed by atoms with Crippen LogP contribution in [-0.4, -0.2) is 20.7 Å². The summed E-state index contributed by atoms with van der Waals surface area (Å²) < 4.78 is 2.56. The Balaban J connectivity index is 1.70. The summed E-state index contributed by atoms with van der Waals surface area (Å²) in [5.41, 5.74) is 1.58. The van der Waals surface area contributed by atoms with Crippen LogP contribution in [-0.2, 0) is 18.3 Å². The van der Waals surface area contributed by atoms with Gasteiger partial charge in [0, 0.05) is 23.9 Å². The van der Waals surface area contributed by atoms with Crippen LogP contribution in [0.5, 0.6) is 0 Å². The van der Waals surface area contributed by atoms with Crippen LogP contribution in [0.3, 0.4) is 0 Å². The van der Waals surface area contributed by atoms with E-state index in [-0.39, 0.29) is 5.91 Å². The SMILES string of the molecule is Cn1cnnc1-c1ccccc1NC(=O)CCc1ccc(Cl)s1. The first-order valence-corrected chi connectivity index (χ1v) is 8.30. The van der Waals surface area contributed by atoms with Gasteiger partial charge in [-0.25, -0.2) is 0 Å². The van der Waals surface area contributed by atoms with Gasteiger partial charge in [-0.05, 0) is 30.7 Å². The molecule has 5 nitrogen and oxygen atoms in total. The van der Waals surface area contributed by atoms with Crippen molar-refractivity contribution in [1.82, 2.24) is 14.8 Å². The van der Waals surface area contributed by atoms with Gasteiger partial charge in [0.15, 0.2) is 5.82 Å². The van der Waals surface area contributed by atoms with Gasteiger partial charge in [0.2, 0.25) is 5.91 Å². The Labute approximate surface area is 142 Å². The number of rotatable bonds is 5. The number of amides is 1. The minimum atomic E-state index is -0.0378. The van der Waals surface area contributed by atoms with Crippen molar-refractivity contribution in [2.45, 2.75) is 12.8 Å². The number of nitrogens with one attached hydrogen (secondary N) is 1. The monoisotopic (exact) mass is 346 g/mol. The van der Waals surface area contributed by atoms with Crippen LogP contribution in [0, 0.1) is 0 Å². The molecular formula is C16H15ClN4OS. The predicted molar refractivity (Wildman–Crippen MR) is 92.7 cm³/mol. The quantitative estimate of drug-likeness (QED) is 0.765. The Bertz CT molecular complexity index is 827. The Hall–Kier alpha value is -2.18. The fourth-order valence-corrected chi connectivity index (χ4v) is 3.34. The summed E-state index contributed by atoms with van der Waals surface area (Å²) in [5.74, 6) is 0.676. The molecule has 23 heavy (non-hydrogen) atoms. The Morgan fingerprint density at radius 3 is 2.83 bits per heavy atom. The third kappa shape index (κ3) is 3.78. The molecule has 0 unspecified atom stereocenters. The standard InChI is InChI=1S/C16H15ClN4OS/c1-21-10-18-20-16(21)12-4-2-3-5-13(12)19-15(22)9-7-11-6-8-14(17)23-11/h2-6,8,10H,7,9H2,1H3,(H,19,22). The number of carbonyl (C=O) groups is 1. The number of hydrogen-bond acceptors (Lipinski definition) is 4. The molecule has 0 saturated heterocycles. The van der Waals surface area contributed by atoms with Crippen LogP contribution in [0.15, 0.2) is 42.7 Å². The van der Waals surface area contributed by atoms with Crippen molar-refractivity contribution in [3.8, 4) is 11.4 Å². The zero-order valence-corrected chi connectivity index (χ0v) is 14.1. The topological polar surface area (TPSA) is 59.8 Å². The van der Waals surface area contributed by atoms with Crippen molar-refractivity contribution < 1.29 is 4.79 Å². The maximum Gasteiger partial charge on any atom is 0.224 e. The number of thiophene rings is 1. The number of aromatic nitrogens is 3. The fraction of sp³-hybridized carbons (Fsp3) is 0.188. The van der Waals surface area contributed by atoms with E-state index < -0.39 is 0 Å². The molecule has 0 saturated carbocycles. The first-order valence-electron chi connectivity index (χ1n) is 7.11. The van der Waals surface area contributed by atoms with Gasteiger partial charge in [-0.2, -0.15) is 0 Å². The predicted octanol–water partition coefficient (Wildman–Crippen LogP) is 3.77. The summed E-state index contributed by atoms with van der Waals surface area (Å²) in [6.45, 7) is 0. The van der Waals surface area contributed by atoms with Crippen LogP contribution in [0.25, 0.3) is 11.4 Å². The highest BCUT2D eigenvalue weighted by Gasteiger charge is 2.12. The highest BCUT2D eigenvalue weighted by molar-refractivity contribution is 7.16. The zero-order valence-electron chi connectivity index (χ0n) is 12.5. The molecule has 7 heteroatoms. The molecule has 0 aliphatic heterocycles. The summed E-state index contributed by atoms with van der Waals surface area (Å²) in [6.07, 6.45) is 2.72. The second-order valence-corrected chi connectivity index (χ2v) is 6.86. The van der Waals surface area contributed by atoms with Gasteiger partial charge in [0.05, 0.1) is 10.0 Å². The molecule has 1 amide bonds. The molecule has 1 N–H and O–H groups in total. The van der Waals surface area contributed by atoms with Gasteiger partial charge in [0.1, 0.15) is 6.33 Å². The zero-order chi connectivity index (χ0) is 16.2. The normalized spacial score (nSPS) is 10.7. The third-order valence-corrected chi connectivity index (χ3v) is 4.67. The number of nitrogens with zero attached hydrogens (tertiary/aromatic N) is 3. The maximum absolute atomic E-state index is 12.2. The number of halogens is 1. The lowest BCUT2D eigenvalue weighted by Crippen LogP contribution is -2.13. The first-order chi connectivity index (χ1) is 11.1. The molecule has 3 aromatic rings. The number of carbonyl (C=O) groups excluding carboxylic acids is 1. The molecule has 0 aliphatic rings. The number of benzene rings is 1. The Morgan fingerprint density at radius 2 is 2.13 bits per heavy atom. The minimum Gasteiger partial charge on any atom is -0.325 e. The molecule has 1 aromatic carbocycles. The Morgan fingerprint density at radius 1 is 1.30 bits per heavy atom. The van der Waals surface area contributed by atoms with E-state index in [1.54, 1.807) is 6.33 Å². The average Bonchev–Trinajstić information content (AvgIpc) is 3.14. The lowest BCUT2D eigenvalue weighted by atomic mass is 10.1. The van der Waals surface area contributed by atoms with E-state index in [0.29, 0.717) is 18.7 Å². The van der Waals surface area contributed by atoms with Crippen molar-refractivity contribution in [2.75, 3.05) is 5.32 Å². The lowest BCUT2D eigenvalue weighted by Gasteiger charge is -2.10. The number of anilines is 1. The largest absolute Gasteiger partial charge is 0.325 e. The molecule has 2 heterocycles. The van der Waals surface area contributed by atoms with E-state index in [2.05, 4.69) is 15.5 Å². The molecule has 0 atom stereocenters. The van der Waals surface area contributed by atoms with E-state index >= 15 is 0 Å². The van der Waals surface area contributed by atoms with Crippen molar-refractivity contribution in [1.29, 1.82) is 0 Å². The fourth-order valence-electron chi connectivity index (χ4n) is 2.25. The lowest BCUT2D eigenvalue weighted by molar-refractivity contribution is -0.116. The molecule has 0 fully saturated rings. The van der Waals surface area contributed by atoms with Crippen LogP contribution in [0.2, 0.25) is 4.34 Å². The van der Waals surface area contributed by atoms with E-state index in [1.165, 1.54) is 11.3 Å². The first kappa shape index (κ1) is 15.7. The summed E-state index contributed by atoms with van der Waals surface area (Å²) in [7, 11) is 1.87. The van der Waals surface area contributed by atoms with Crippen LogP contribution >= 0.6 is 22.9 Å². The summed E-state index contributed by atoms with van der Waals surface area (Å²) >= 11 is 7.40. The molecule has 0 spiro atoms. The summed E-state index contributed by atoms with van der Waals surface area (Å²) in [4.78, 5) is 13.3. The van der Waals surface area contributed by atoms with Gasteiger partial charge in [-0.3, -0.25) is 4.79 Å². The number of aryl methyl sites for hydroxylation is 2. The molecule has 0 radical (unpaired) electrons. The van der Waals surface area contributed by atoms with Crippen LogP contribution in [0.1, 0.15) is 11.3 Å². The highest BCUT2D eigenvalue weighted by Crippen LogP contribution is 2.26. The van der Waals surface area contributed by atoms with Gasteiger partial charge in [0.25, 0.3) is 0 Å². The summed E-state index contributed by atoms with van der Waals surface area (Å²) in [5, 5.41) is 10.9. The van der Waals surface area contributed by atoms with Gasteiger partial charge in [-0.1, -0.05) is 23.7 Å². The van der Waals surface area contributed by atoms with Crippen molar-refractivity contribution in [3.63, 3.8) is 0 Å². The average molecular weight is 347 g/mol. The van der Waals surface area contributed by atoms with Gasteiger partial charge >= 0.3 is 0 Å². The molecule has 2 aromatic heterocycles. The minimum absolute atomic E-state index is 0.0378. The van der Waals surface area contributed by atoms with Crippen molar-refractivity contribution in [3.05, 3.63) is 51.9 Å². The van der Waals surface area contributed by atoms with E-state index in [0.717, 1.165) is 20.5 Å². The molecule has 118 valence electrons. The van der Waals surface area contributed by atoms with Crippen LogP contribution < -0.4 is 5.32 Å². The molecule has 0 aliphatic carbocycles. The Kier molecular flexibility index (Phi) is 4.73. The van der Waals surface area contributed by atoms with Gasteiger partial charge in [-0.15, -0.1) is 21.5 Å². The van der Waals surface area contributed by atoms with Crippen molar-refractivity contribution >= 4 is 34.5 Å². The number of para-hydroxylation sites is 1. The van der Waals surface area contributed by atoms with E-state index in [4.69, 9.17) is 11.6 Å². The second kappa shape index (κ2) is 6.93. The summed E-state index contributed by atoms with van der Waals surface area (Å²) in [6, 6.07) is 11.4. The van der Waals surface area contributed by atoms with E-state index in [9.17, 15) is 4.79 Å². The smallest absolute Gasteiger partial charge is 0.224 e. The molecule has 0 bridgehead atoms. The third-order valence-electron chi connectivity index (χ3n) is 3.38. The second-order valence-electron chi connectivity index (χ2n) is 5.07. The van der Waals surface area contributed by atoms with Crippen molar-refractivity contribution in [2.24, 2.45) is 7.05 Å². The van der Waals surface area contributed by atoms with Gasteiger partial charge < -0.3 is 9.88 Å². The molecular weight excluding hydrogens is 332 g/mol. The van der Waals surface area contributed by atoms with E-state index in [1.807, 2.05) is 48.0 Å². The van der Waals surface area contributed by atoms with Crippen LogP contribution in [0.4, 0.5) is 5.69 Å².